The smallest absolute Gasteiger partial charge is 0.340 e. The van der Waals surface area contributed by atoms with Crippen molar-refractivity contribution in [3.8, 4) is 0 Å². The van der Waals surface area contributed by atoms with Crippen molar-refractivity contribution in [3.63, 3.8) is 0 Å². The molecule has 0 spiro atoms. The van der Waals surface area contributed by atoms with Crippen LogP contribution in [0, 0.1) is 19.7 Å². The minimum Gasteiger partial charge on any atom is -0.452 e. The van der Waals surface area contributed by atoms with E-state index < -0.39 is 18.4 Å². The molecule has 6 heteroatoms. The van der Waals surface area contributed by atoms with Crippen LogP contribution in [0.4, 0.5) is 10.1 Å². The summed E-state index contributed by atoms with van der Waals surface area (Å²) in [5, 5.41) is 0. The lowest BCUT2D eigenvalue weighted by molar-refractivity contribution is -0.133. The fourth-order valence-corrected chi connectivity index (χ4v) is 2.40. The van der Waals surface area contributed by atoms with E-state index in [0.29, 0.717) is 6.54 Å². The molecule has 0 fully saturated rings. The van der Waals surface area contributed by atoms with Crippen LogP contribution in [-0.4, -0.2) is 30.4 Å². The fourth-order valence-electron chi connectivity index (χ4n) is 2.40. The van der Waals surface area contributed by atoms with Crippen molar-refractivity contribution in [2.24, 2.45) is 0 Å². The second-order valence-corrected chi connectivity index (χ2v) is 5.99. The maximum Gasteiger partial charge on any atom is 0.340 e. The Hall–Kier alpha value is -2.89. The van der Waals surface area contributed by atoms with Crippen LogP contribution >= 0.6 is 0 Å². The van der Waals surface area contributed by atoms with Crippen molar-refractivity contribution < 1.29 is 18.7 Å². The normalized spacial score (nSPS) is 10.4. The van der Waals surface area contributed by atoms with E-state index in [-0.39, 0.29) is 17.2 Å². The first-order valence-corrected chi connectivity index (χ1v) is 7.80. The molecule has 0 heterocycles. The number of amides is 1. The van der Waals surface area contributed by atoms with Gasteiger partial charge in [-0.1, -0.05) is 23.8 Å². The number of carbonyl (C=O) groups excluding carboxylic acids is 2. The molecule has 0 aliphatic carbocycles. The van der Waals surface area contributed by atoms with Gasteiger partial charge in [0.05, 0.1) is 5.56 Å². The molecule has 2 N–H and O–H groups in total. The highest BCUT2D eigenvalue weighted by Gasteiger charge is 2.16. The highest BCUT2D eigenvalue weighted by Crippen LogP contribution is 2.15. The molecule has 0 atom stereocenters. The number of nitrogen functional groups attached to an aromatic ring is 1. The Labute approximate surface area is 146 Å². The van der Waals surface area contributed by atoms with Crippen LogP contribution < -0.4 is 5.73 Å². The number of hydrogen-bond donors (Lipinski definition) is 1. The van der Waals surface area contributed by atoms with Crippen molar-refractivity contribution in [1.29, 1.82) is 0 Å². The maximum atomic E-state index is 13.0. The van der Waals surface area contributed by atoms with Crippen LogP contribution in [-0.2, 0) is 16.1 Å². The zero-order chi connectivity index (χ0) is 18.6. The van der Waals surface area contributed by atoms with Crippen LogP contribution in [0.25, 0.3) is 0 Å². The maximum absolute atomic E-state index is 13.0. The van der Waals surface area contributed by atoms with Gasteiger partial charge in [0.1, 0.15) is 5.82 Å². The third-order valence-electron chi connectivity index (χ3n) is 3.89. The number of anilines is 1. The third-order valence-corrected chi connectivity index (χ3v) is 3.89. The van der Waals surface area contributed by atoms with Crippen LogP contribution in [0.3, 0.4) is 0 Å². The van der Waals surface area contributed by atoms with E-state index in [1.54, 1.807) is 7.05 Å². The van der Waals surface area contributed by atoms with Crippen molar-refractivity contribution >= 4 is 17.6 Å². The van der Waals surface area contributed by atoms with Gasteiger partial charge in [-0.3, -0.25) is 4.79 Å². The molecule has 2 rings (SSSR count). The summed E-state index contributed by atoms with van der Waals surface area (Å²) < 4.78 is 18.0. The molecule has 0 unspecified atom stereocenters. The van der Waals surface area contributed by atoms with E-state index in [0.717, 1.165) is 28.8 Å². The Morgan fingerprint density at radius 2 is 1.88 bits per heavy atom. The lowest BCUT2D eigenvalue weighted by Crippen LogP contribution is -2.31. The first kappa shape index (κ1) is 18.4. The van der Waals surface area contributed by atoms with E-state index in [1.165, 1.54) is 11.0 Å². The summed E-state index contributed by atoms with van der Waals surface area (Å²) >= 11 is 0. The largest absolute Gasteiger partial charge is 0.452 e. The van der Waals surface area contributed by atoms with E-state index in [9.17, 15) is 14.0 Å². The van der Waals surface area contributed by atoms with Crippen LogP contribution in [0.1, 0.15) is 27.0 Å². The predicted octanol–water partition coefficient (Wildman–Crippen LogP) is 2.84. The van der Waals surface area contributed by atoms with Crippen molar-refractivity contribution in [2.75, 3.05) is 19.4 Å². The molecule has 5 nitrogen and oxygen atoms in total. The van der Waals surface area contributed by atoms with Crippen molar-refractivity contribution in [1.82, 2.24) is 4.90 Å². The lowest BCUT2D eigenvalue weighted by atomic mass is 10.1. The zero-order valence-corrected chi connectivity index (χ0v) is 14.5. The number of ether oxygens (including phenoxy) is 1. The quantitative estimate of drug-likeness (QED) is 0.669. The molecule has 0 aromatic heterocycles. The Morgan fingerprint density at radius 3 is 2.52 bits per heavy atom. The highest BCUT2D eigenvalue weighted by atomic mass is 19.1. The zero-order valence-electron chi connectivity index (χ0n) is 14.5. The summed E-state index contributed by atoms with van der Waals surface area (Å²) in [6, 6.07) is 9.38. The first-order valence-electron chi connectivity index (χ1n) is 7.80. The molecule has 2 aromatic rings. The SMILES string of the molecule is Cc1ccc(CN(C)C(=O)COC(=O)c2ccc(F)cc2N)c(C)c1. The monoisotopic (exact) mass is 344 g/mol. The van der Waals surface area contributed by atoms with E-state index in [1.807, 2.05) is 32.0 Å². The molecule has 132 valence electrons. The minimum atomic E-state index is -0.759. The molecule has 25 heavy (non-hydrogen) atoms. The molecule has 0 aliphatic heterocycles. The first-order chi connectivity index (χ1) is 11.8. The molecular weight excluding hydrogens is 323 g/mol. The van der Waals surface area contributed by atoms with Gasteiger partial charge in [0.2, 0.25) is 0 Å². The summed E-state index contributed by atoms with van der Waals surface area (Å²) in [5.41, 5.74) is 8.86. The number of aryl methyl sites for hydroxylation is 2. The number of nitrogens with two attached hydrogens (primary N) is 1. The Bertz CT molecular complexity index is 805. The number of carbonyl (C=O) groups is 2. The topological polar surface area (TPSA) is 72.6 Å². The molecule has 0 radical (unpaired) electrons. The standard InChI is InChI=1S/C19H21FN2O3/c1-12-4-5-14(13(2)8-12)10-22(3)18(23)11-25-19(24)16-7-6-15(20)9-17(16)21/h4-9H,10-11,21H2,1-3H3. The van der Waals surface area contributed by atoms with E-state index in [4.69, 9.17) is 10.5 Å². The van der Waals surface area contributed by atoms with Gasteiger partial charge in [0.15, 0.2) is 6.61 Å². The van der Waals surface area contributed by atoms with Gasteiger partial charge in [-0.15, -0.1) is 0 Å². The Balaban J connectivity index is 1.93. The number of nitrogens with zero attached hydrogens (tertiary/aromatic N) is 1. The molecule has 0 bridgehead atoms. The molecular formula is C19H21FN2O3. The summed E-state index contributed by atoms with van der Waals surface area (Å²) in [5.74, 6) is -1.64. The summed E-state index contributed by atoms with van der Waals surface area (Å²) in [7, 11) is 1.64. The number of halogens is 1. The van der Waals surface area contributed by atoms with Crippen molar-refractivity contribution in [3.05, 3.63) is 64.5 Å². The second kappa shape index (κ2) is 7.79. The van der Waals surface area contributed by atoms with Gasteiger partial charge < -0.3 is 15.4 Å². The van der Waals surface area contributed by atoms with Crippen LogP contribution in [0.2, 0.25) is 0 Å². The number of rotatable bonds is 5. The van der Waals surface area contributed by atoms with Gasteiger partial charge in [-0.2, -0.15) is 0 Å². The van der Waals surface area contributed by atoms with Gasteiger partial charge in [0, 0.05) is 19.3 Å². The number of esters is 1. The second-order valence-electron chi connectivity index (χ2n) is 5.99. The molecule has 1 amide bonds. The van der Waals surface area contributed by atoms with Gasteiger partial charge in [-0.05, 0) is 43.2 Å². The average Bonchev–Trinajstić information content (AvgIpc) is 2.54. The van der Waals surface area contributed by atoms with E-state index >= 15 is 0 Å². The minimum absolute atomic E-state index is 0.0268. The average molecular weight is 344 g/mol. The predicted molar refractivity (Wildman–Crippen MR) is 93.5 cm³/mol. The van der Waals surface area contributed by atoms with Gasteiger partial charge in [0.25, 0.3) is 5.91 Å². The fraction of sp³-hybridized carbons (Fsp3) is 0.263. The number of likely N-dealkylation sites (N-methyl/N-ethyl adjacent to an activating group) is 1. The summed E-state index contributed by atoms with van der Waals surface area (Å²) in [6.45, 7) is 4.00. The van der Waals surface area contributed by atoms with Gasteiger partial charge >= 0.3 is 5.97 Å². The van der Waals surface area contributed by atoms with Crippen molar-refractivity contribution in [2.45, 2.75) is 20.4 Å². The summed E-state index contributed by atoms with van der Waals surface area (Å²) in [6.07, 6.45) is 0. The Morgan fingerprint density at radius 1 is 1.16 bits per heavy atom. The van der Waals surface area contributed by atoms with Gasteiger partial charge in [-0.25, -0.2) is 9.18 Å². The molecule has 0 saturated heterocycles. The summed E-state index contributed by atoms with van der Waals surface area (Å²) in [4.78, 5) is 25.6. The Kier molecular flexibility index (Phi) is 5.75. The number of benzene rings is 2. The molecule has 0 saturated carbocycles. The lowest BCUT2D eigenvalue weighted by Gasteiger charge is -2.19. The third kappa shape index (κ3) is 4.79. The number of hydrogen-bond acceptors (Lipinski definition) is 4. The van der Waals surface area contributed by atoms with Crippen LogP contribution in [0.5, 0.6) is 0 Å². The highest BCUT2D eigenvalue weighted by molar-refractivity contribution is 5.96. The van der Waals surface area contributed by atoms with E-state index in [2.05, 4.69) is 0 Å². The molecule has 0 aliphatic rings. The van der Waals surface area contributed by atoms with Crippen LogP contribution in [0.15, 0.2) is 36.4 Å². The molecule has 2 aromatic carbocycles.